The molecule has 0 amide bonds. The largest absolute Gasteiger partial charge is 0.292 e. The van der Waals surface area contributed by atoms with Crippen LogP contribution in [0.2, 0.25) is 0 Å². The van der Waals surface area contributed by atoms with Gasteiger partial charge >= 0.3 is 0 Å². The summed E-state index contributed by atoms with van der Waals surface area (Å²) in [7, 11) is 0. The van der Waals surface area contributed by atoms with Gasteiger partial charge in [0.1, 0.15) is 10.8 Å². The van der Waals surface area contributed by atoms with Gasteiger partial charge in [-0.05, 0) is 28.8 Å². The summed E-state index contributed by atoms with van der Waals surface area (Å²) in [5.41, 5.74) is 0.879. The highest BCUT2D eigenvalue weighted by molar-refractivity contribution is 9.10. The molecule has 5 nitrogen and oxygen atoms in total. The third-order valence-electron chi connectivity index (χ3n) is 2.64. The van der Waals surface area contributed by atoms with Crippen LogP contribution in [0.15, 0.2) is 27.9 Å². The SMILES string of the molecule is O=c1c(Br)c(C2CC2)[nH]n1-c1ccncn1. The molecule has 2 heterocycles. The van der Waals surface area contributed by atoms with Crippen molar-refractivity contribution < 1.29 is 0 Å². The summed E-state index contributed by atoms with van der Waals surface area (Å²) in [5.74, 6) is 1.05. The monoisotopic (exact) mass is 280 g/mol. The number of hydrogen-bond acceptors (Lipinski definition) is 3. The van der Waals surface area contributed by atoms with Crippen LogP contribution in [0.1, 0.15) is 24.5 Å². The van der Waals surface area contributed by atoms with Crippen LogP contribution >= 0.6 is 15.9 Å². The first-order valence-corrected chi connectivity index (χ1v) is 5.83. The first kappa shape index (κ1) is 9.77. The first-order valence-electron chi connectivity index (χ1n) is 5.04. The van der Waals surface area contributed by atoms with Gasteiger partial charge in [0.25, 0.3) is 5.56 Å². The minimum Gasteiger partial charge on any atom is -0.292 e. The molecule has 0 atom stereocenters. The zero-order chi connectivity index (χ0) is 11.1. The lowest BCUT2D eigenvalue weighted by Gasteiger charge is -1.98. The smallest absolute Gasteiger partial charge is 0.287 e. The summed E-state index contributed by atoms with van der Waals surface area (Å²) >= 11 is 3.33. The second kappa shape index (κ2) is 3.55. The molecule has 0 radical (unpaired) electrons. The van der Waals surface area contributed by atoms with E-state index in [9.17, 15) is 4.79 Å². The van der Waals surface area contributed by atoms with Crippen LogP contribution in [0.3, 0.4) is 0 Å². The van der Waals surface area contributed by atoms with E-state index in [0.29, 0.717) is 16.2 Å². The number of aromatic nitrogens is 4. The van der Waals surface area contributed by atoms with Gasteiger partial charge in [-0.3, -0.25) is 9.89 Å². The number of nitrogens with zero attached hydrogens (tertiary/aromatic N) is 3. The Balaban J connectivity index is 2.15. The zero-order valence-electron chi connectivity index (χ0n) is 8.35. The number of aromatic amines is 1. The highest BCUT2D eigenvalue weighted by Gasteiger charge is 2.29. The first-order chi connectivity index (χ1) is 7.77. The summed E-state index contributed by atoms with van der Waals surface area (Å²) in [6, 6.07) is 1.70. The molecule has 82 valence electrons. The molecule has 3 rings (SSSR count). The predicted molar refractivity (Wildman–Crippen MR) is 61.7 cm³/mol. The maximum Gasteiger partial charge on any atom is 0.287 e. The van der Waals surface area contributed by atoms with E-state index in [1.807, 2.05) is 0 Å². The van der Waals surface area contributed by atoms with Crippen LogP contribution in [-0.2, 0) is 0 Å². The highest BCUT2D eigenvalue weighted by Crippen LogP contribution is 2.41. The lowest BCUT2D eigenvalue weighted by atomic mass is 10.3. The van der Waals surface area contributed by atoms with E-state index in [2.05, 4.69) is 31.0 Å². The lowest BCUT2D eigenvalue weighted by molar-refractivity contribution is 0.787. The molecule has 2 aromatic heterocycles. The molecular formula is C10H9BrN4O. The highest BCUT2D eigenvalue weighted by atomic mass is 79.9. The fraction of sp³-hybridized carbons (Fsp3) is 0.300. The van der Waals surface area contributed by atoms with E-state index in [4.69, 9.17) is 0 Å². The fourth-order valence-electron chi connectivity index (χ4n) is 1.65. The third kappa shape index (κ3) is 1.49. The van der Waals surface area contributed by atoms with Crippen molar-refractivity contribution in [2.24, 2.45) is 0 Å². The van der Waals surface area contributed by atoms with Gasteiger partial charge in [0, 0.05) is 18.2 Å². The number of hydrogen-bond donors (Lipinski definition) is 1. The number of nitrogens with one attached hydrogen (secondary N) is 1. The molecule has 16 heavy (non-hydrogen) atoms. The molecule has 1 fully saturated rings. The van der Waals surface area contributed by atoms with Crippen molar-refractivity contribution in [2.75, 3.05) is 0 Å². The van der Waals surface area contributed by atoms with Crippen molar-refractivity contribution in [3.8, 4) is 5.82 Å². The van der Waals surface area contributed by atoms with Crippen molar-refractivity contribution in [2.45, 2.75) is 18.8 Å². The summed E-state index contributed by atoms with van der Waals surface area (Å²) in [6.45, 7) is 0. The normalized spacial score (nSPS) is 15.3. The Morgan fingerprint density at radius 3 is 2.94 bits per heavy atom. The molecule has 1 aliphatic carbocycles. The Morgan fingerprint density at radius 2 is 2.31 bits per heavy atom. The summed E-state index contributed by atoms with van der Waals surface area (Å²) in [6.07, 6.45) is 5.32. The summed E-state index contributed by atoms with van der Waals surface area (Å²) < 4.78 is 2.06. The van der Waals surface area contributed by atoms with Crippen molar-refractivity contribution in [3.63, 3.8) is 0 Å². The van der Waals surface area contributed by atoms with Gasteiger partial charge in [-0.15, -0.1) is 0 Å². The van der Waals surface area contributed by atoms with Gasteiger partial charge in [-0.1, -0.05) is 0 Å². The average Bonchev–Trinajstić information content (AvgIpc) is 3.10. The van der Waals surface area contributed by atoms with Gasteiger partial charge in [0.2, 0.25) is 0 Å². The van der Waals surface area contributed by atoms with Gasteiger partial charge in [-0.25, -0.2) is 14.6 Å². The van der Waals surface area contributed by atoms with Crippen molar-refractivity contribution in [1.82, 2.24) is 19.7 Å². The maximum absolute atomic E-state index is 11.9. The molecular weight excluding hydrogens is 272 g/mol. The van der Waals surface area contributed by atoms with E-state index in [1.54, 1.807) is 12.3 Å². The lowest BCUT2D eigenvalue weighted by Crippen LogP contribution is -2.15. The van der Waals surface area contributed by atoms with Crippen LogP contribution in [0.5, 0.6) is 0 Å². The molecule has 1 aliphatic rings. The number of rotatable bonds is 2. The van der Waals surface area contributed by atoms with Gasteiger partial charge in [0.05, 0.1) is 5.69 Å². The molecule has 0 aliphatic heterocycles. The van der Waals surface area contributed by atoms with Gasteiger partial charge in [0.15, 0.2) is 5.82 Å². The Kier molecular flexibility index (Phi) is 2.17. The van der Waals surface area contributed by atoms with Crippen LogP contribution in [0.25, 0.3) is 5.82 Å². The summed E-state index contributed by atoms with van der Waals surface area (Å²) in [5, 5.41) is 3.09. The minimum atomic E-state index is -0.0967. The Morgan fingerprint density at radius 1 is 1.50 bits per heavy atom. The molecule has 1 N–H and O–H groups in total. The topological polar surface area (TPSA) is 63.6 Å². The van der Waals surface area contributed by atoms with E-state index in [0.717, 1.165) is 18.5 Å². The Labute approximate surface area is 99.7 Å². The van der Waals surface area contributed by atoms with Crippen LogP contribution < -0.4 is 5.56 Å². The van der Waals surface area contributed by atoms with Crippen LogP contribution in [0.4, 0.5) is 0 Å². The minimum absolute atomic E-state index is 0.0967. The van der Waals surface area contributed by atoms with E-state index in [-0.39, 0.29) is 5.56 Å². The number of H-pyrrole nitrogens is 1. The molecule has 0 unspecified atom stereocenters. The number of halogens is 1. The second-order valence-electron chi connectivity index (χ2n) is 3.82. The zero-order valence-corrected chi connectivity index (χ0v) is 9.94. The van der Waals surface area contributed by atoms with Crippen molar-refractivity contribution >= 4 is 15.9 Å². The quantitative estimate of drug-likeness (QED) is 0.909. The Hall–Kier alpha value is -1.43. The van der Waals surface area contributed by atoms with E-state index < -0.39 is 0 Å². The summed E-state index contributed by atoms with van der Waals surface area (Å²) in [4.78, 5) is 19.8. The molecule has 0 saturated heterocycles. The molecule has 0 bridgehead atoms. The van der Waals surface area contributed by atoms with E-state index >= 15 is 0 Å². The molecule has 0 aromatic carbocycles. The van der Waals surface area contributed by atoms with Crippen LogP contribution in [-0.4, -0.2) is 19.7 Å². The van der Waals surface area contributed by atoms with Gasteiger partial charge < -0.3 is 0 Å². The maximum atomic E-state index is 11.9. The fourth-order valence-corrected chi connectivity index (χ4v) is 2.24. The molecule has 2 aromatic rings. The predicted octanol–water partition coefficient (Wildman–Crippen LogP) is 1.60. The third-order valence-corrected chi connectivity index (χ3v) is 3.41. The van der Waals surface area contributed by atoms with Gasteiger partial charge in [-0.2, -0.15) is 0 Å². The van der Waals surface area contributed by atoms with Crippen molar-refractivity contribution in [1.29, 1.82) is 0 Å². The van der Waals surface area contributed by atoms with Crippen molar-refractivity contribution in [3.05, 3.63) is 39.1 Å². The Bertz CT molecular complexity index is 570. The molecule has 1 saturated carbocycles. The standard InChI is InChI=1S/C10H9BrN4O/c11-8-9(6-1-2-6)14-15(10(8)16)7-3-4-12-5-13-7/h3-6,14H,1-2H2. The second-order valence-corrected chi connectivity index (χ2v) is 4.61. The molecule has 0 spiro atoms. The average molecular weight is 281 g/mol. The van der Waals surface area contributed by atoms with E-state index in [1.165, 1.54) is 11.0 Å². The molecule has 6 heteroatoms. The van der Waals surface area contributed by atoms with Crippen LogP contribution in [0, 0.1) is 0 Å².